The van der Waals surface area contributed by atoms with Crippen LogP contribution in [0.15, 0.2) is 36.4 Å². The molecule has 4 heteroatoms. The lowest BCUT2D eigenvalue weighted by atomic mass is 10.00. The third-order valence-electron chi connectivity index (χ3n) is 3.78. The van der Waals surface area contributed by atoms with Crippen molar-refractivity contribution < 1.29 is 9.90 Å². The quantitative estimate of drug-likeness (QED) is 0.665. The van der Waals surface area contributed by atoms with Gasteiger partial charge in [-0.15, -0.1) is 11.6 Å². The summed E-state index contributed by atoms with van der Waals surface area (Å²) in [5.41, 5.74) is 5.14. The Kier molecular flexibility index (Phi) is 3.90. The van der Waals surface area contributed by atoms with Crippen LogP contribution < -0.4 is 5.32 Å². The van der Waals surface area contributed by atoms with E-state index in [2.05, 4.69) is 5.32 Å². The minimum atomic E-state index is -0.108. The Morgan fingerprint density at radius 2 is 2.05 bits per heavy atom. The van der Waals surface area contributed by atoms with Gasteiger partial charge in [0.2, 0.25) is 0 Å². The molecule has 0 aliphatic carbocycles. The second-order valence-corrected chi connectivity index (χ2v) is 5.75. The van der Waals surface area contributed by atoms with Crippen molar-refractivity contribution in [2.24, 2.45) is 0 Å². The highest BCUT2D eigenvalue weighted by Gasteiger charge is 2.24. The van der Waals surface area contributed by atoms with Crippen molar-refractivity contribution >= 4 is 34.8 Å². The summed E-state index contributed by atoms with van der Waals surface area (Å²) in [5.74, 6) is 0.697. The maximum atomic E-state index is 12.2. The number of nitrogens with one attached hydrogen (secondary N) is 1. The van der Waals surface area contributed by atoms with Crippen LogP contribution in [0.3, 0.4) is 0 Å². The number of aryl methyl sites for hydroxylation is 2. The first-order chi connectivity index (χ1) is 10.6. The van der Waals surface area contributed by atoms with Gasteiger partial charge in [0.15, 0.2) is 0 Å². The molecule has 0 spiro atoms. The molecule has 1 aliphatic heterocycles. The van der Waals surface area contributed by atoms with Crippen LogP contribution in [-0.2, 0) is 11.2 Å². The molecule has 0 saturated heterocycles. The smallest absolute Gasteiger partial charge is 0.256 e. The Morgan fingerprint density at radius 3 is 2.77 bits per heavy atom. The monoisotopic (exact) mass is 313 g/mol. The third-order valence-corrected chi connectivity index (χ3v) is 3.97. The van der Waals surface area contributed by atoms with Gasteiger partial charge in [0.05, 0.1) is 0 Å². The van der Waals surface area contributed by atoms with Crippen LogP contribution in [0.25, 0.3) is 11.6 Å². The Morgan fingerprint density at radius 1 is 1.23 bits per heavy atom. The number of benzene rings is 2. The highest BCUT2D eigenvalue weighted by atomic mass is 35.5. The van der Waals surface area contributed by atoms with Crippen molar-refractivity contribution in [1.82, 2.24) is 0 Å². The zero-order chi connectivity index (χ0) is 15.7. The number of hydrogen-bond donors (Lipinski definition) is 2. The largest absolute Gasteiger partial charge is 0.508 e. The van der Waals surface area contributed by atoms with Crippen LogP contribution in [0.4, 0.5) is 5.69 Å². The van der Waals surface area contributed by atoms with Gasteiger partial charge in [-0.1, -0.05) is 12.1 Å². The van der Waals surface area contributed by atoms with Crippen molar-refractivity contribution in [2.75, 3.05) is 11.2 Å². The van der Waals surface area contributed by atoms with Crippen LogP contribution >= 0.6 is 11.6 Å². The number of anilines is 1. The molecule has 1 heterocycles. The lowest BCUT2D eigenvalue weighted by molar-refractivity contribution is -0.110. The minimum Gasteiger partial charge on any atom is -0.508 e. The van der Waals surface area contributed by atoms with E-state index >= 15 is 0 Å². The van der Waals surface area contributed by atoms with Gasteiger partial charge >= 0.3 is 0 Å². The number of halogens is 1. The van der Waals surface area contributed by atoms with Crippen LogP contribution in [0.2, 0.25) is 0 Å². The average Bonchev–Trinajstić information content (AvgIpc) is 2.79. The van der Waals surface area contributed by atoms with Crippen molar-refractivity contribution in [2.45, 2.75) is 13.3 Å². The average molecular weight is 314 g/mol. The molecular weight excluding hydrogens is 298 g/mol. The van der Waals surface area contributed by atoms with Gasteiger partial charge in [-0.2, -0.15) is 0 Å². The van der Waals surface area contributed by atoms with E-state index in [1.165, 1.54) is 0 Å². The van der Waals surface area contributed by atoms with Gasteiger partial charge in [-0.25, -0.2) is 0 Å². The van der Waals surface area contributed by atoms with Crippen LogP contribution in [0.5, 0.6) is 5.75 Å². The van der Waals surface area contributed by atoms with Gasteiger partial charge in [0, 0.05) is 22.7 Å². The molecule has 0 radical (unpaired) electrons. The first kappa shape index (κ1) is 14.7. The van der Waals surface area contributed by atoms with Gasteiger partial charge < -0.3 is 10.4 Å². The molecule has 2 aromatic rings. The standard InChI is InChI=1S/C18H16ClNO2/c1-11-8-13(3-5-17(11)21)10-15-14-9-12(6-7-19)2-4-16(14)20-18(15)22/h2-5,8-10,21H,6-7H2,1H3,(H,20,22). The summed E-state index contributed by atoms with van der Waals surface area (Å²) < 4.78 is 0. The molecule has 0 atom stereocenters. The van der Waals surface area contributed by atoms with E-state index in [0.29, 0.717) is 11.5 Å². The van der Waals surface area contributed by atoms with E-state index in [9.17, 15) is 9.90 Å². The fourth-order valence-electron chi connectivity index (χ4n) is 2.58. The zero-order valence-electron chi connectivity index (χ0n) is 12.2. The van der Waals surface area contributed by atoms with Crippen molar-refractivity contribution in [3.8, 4) is 5.75 Å². The van der Waals surface area contributed by atoms with Crippen molar-refractivity contribution in [3.05, 3.63) is 58.7 Å². The molecule has 0 bridgehead atoms. The Balaban J connectivity index is 2.04. The summed E-state index contributed by atoms with van der Waals surface area (Å²) in [6, 6.07) is 11.2. The van der Waals surface area contributed by atoms with E-state index in [1.807, 2.05) is 37.3 Å². The number of aromatic hydroxyl groups is 1. The summed E-state index contributed by atoms with van der Waals surface area (Å²) in [6.07, 6.45) is 2.62. The predicted molar refractivity (Wildman–Crippen MR) is 90.2 cm³/mol. The third kappa shape index (κ3) is 2.72. The Labute approximate surface area is 134 Å². The van der Waals surface area contributed by atoms with Gasteiger partial charge in [0.25, 0.3) is 5.91 Å². The molecule has 0 unspecified atom stereocenters. The summed E-state index contributed by atoms with van der Waals surface area (Å²) >= 11 is 5.79. The number of amides is 1. The normalized spacial score (nSPS) is 15.0. The molecular formula is C18H16ClNO2. The number of rotatable bonds is 3. The lowest BCUT2D eigenvalue weighted by Gasteiger charge is -2.04. The zero-order valence-corrected chi connectivity index (χ0v) is 12.9. The molecule has 3 rings (SSSR count). The van der Waals surface area contributed by atoms with Crippen molar-refractivity contribution in [1.29, 1.82) is 0 Å². The van der Waals surface area contributed by atoms with Crippen LogP contribution in [-0.4, -0.2) is 16.9 Å². The number of phenols is 1. The minimum absolute atomic E-state index is 0.108. The van der Waals surface area contributed by atoms with Gasteiger partial charge in [-0.3, -0.25) is 4.79 Å². The first-order valence-electron chi connectivity index (χ1n) is 7.10. The number of hydrogen-bond acceptors (Lipinski definition) is 2. The van der Waals surface area contributed by atoms with E-state index < -0.39 is 0 Å². The fraction of sp³-hybridized carbons (Fsp3) is 0.167. The summed E-state index contributed by atoms with van der Waals surface area (Å²) in [7, 11) is 0. The second kappa shape index (κ2) is 5.85. The predicted octanol–water partition coefficient (Wildman–Crippen LogP) is 3.97. The van der Waals surface area contributed by atoms with Gasteiger partial charge in [0.1, 0.15) is 5.75 Å². The summed E-state index contributed by atoms with van der Waals surface area (Å²) in [4.78, 5) is 12.2. The summed E-state index contributed by atoms with van der Waals surface area (Å²) in [6.45, 7) is 1.83. The number of phenolic OH excluding ortho intramolecular Hbond substituents is 1. The second-order valence-electron chi connectivity index (χ2n) is 5.38. The molecule has 1 amide bonds. The number of carbonyl (C=O) groups is 1. The summed E-state index contributed by atoms with van der Waals surface area (Å²) in [5, 5.41) is 12.5. The molecule has 0 fully saturated rings. The van der Waals surface area contributed by atoms with E-state index in [0.717, 1.165) is 34.4 Å². The molecule has 3 nitrogen and oxygen atoms in total. The van der Waals surface area contributed by atoms with E-state index in [-0.39, 0.29) is 11.7 Å². The number of fused-ring (bicyclic) bond motifs is 1. The first-order valence-corrected chi connectivity index (χ1v) is 7.64. The van der Waals surface area contributed by atoms with Crippen molar-refractivity contribution in [3.63, 3.8) is 0 Å². The maximum absolute atomic E-state index is 12.2. The SMILES string of the molecule is Cc1cc(C=C2C(=O)Nc3ccc(CCCl)cc32)ccc1O. The van der Waals surface area contributed by atoms with Gasteiger partial charge in [-0.05, 0) is 60.4 Å². The fourth-order valence-corrected chi connectivity index (χ4v) is 2.80. The number of alkyl halides is 1. The van der Waals surface area contributed by atoms with E-state index in [4.69, 9.17) is 11.6 Å². The van der Waals surface area contributed by atoms with Crippen LogP contribution in [0, 0.1) is 6.92 Å². The molecule has 1 aliphatic rings. The molecule has 2 N–H and O–H groups in total. The molecule has 0 saturated carbocycles. The lowest BCUT2D eigenvalue weighted by Crippen LogP contribution is -2.03. The molecule has 112 valence electrons. The number of carbonyl (C=O) groups excluding carboxylic acids is 1. The topological polar surface area (TPSA) is 49.3 Å². The van der Waals surface area contributed by atoms with Crippen LogP contribution in [0.1, 0.15) is 22.3 Å². The molecule has 2 aromatic carbocycles. The molecule has 0 aromatic heterocycles. The Bertz CT molecular complexity index is 781. The Hall–Kier alpha value is -2.26. The highest BCUT2D eigenvalue weighted by Crippen LogP contribution is 2.34. The molecule has 22 heavy (non-hydrogen) atoms. The maximum Gasteiger partial charge on any atom is 0.256 e. The highest BCUT2D eigenvalue weighted by molar-refractivity contribution is 6.35. The van der Waals surface area contributed by atoms with E-state index in [1.54, 1.807) is 12.1 Å².